The fourth-order valence-electron chi connectivity index (χ4n) is 3.21. The molecule has 2 aromatic rings. The highest BCUT2D eigenvalue weighted by Gasteiger charge is 2.21. The minimum absolute atomic E-state index is 0.0277. The molecule has 5 nitrogen and oxygen atoms in total. The lowest BCUT2D eigenvalue weighted by Crippen LogP contribution is -2.36. The van der Waals surface area contributed by atoms with Gasteiger partial charge in [-0.2, -0.15) is 0 Å². The molecule has 1 heterocycles. The topological polar surface area (TPSA) is 58.6 Å². The maximum absolute atomic E-state index is 12.9. The Bertz CT molecular complexity index is 847. The number of nitrogens with one attached hydrogen (secondary N) is 1. The van der Waals surface area contributed by atoms with Crippen LogP contribution in [0.25, 0.3) is 0 Å². The summed E-state index contributed by atoms with van der Waals surface area (Å²) >= 11 is 3.46. The molecule has 28 heavy (non-hydrogen) atoms. The molecule has 0 radical (unpaired) electrons. The monoisotopic (exact) mass is 444 g/mol. The summed E-state index contributed by atoms with van der Waals surface area (Å²) in [5, 5.41) is 2.89. The Hall–Kier alpha value is -2.34. The number of carbonyl (C=O) groups is 2. The molecule has 148 valence electrons. The highest BCUT2D eigenvalue weighted by molar-refractivity contribution is 9.10. The zero-order valence-electron chi connectivity index (χ0n) is 16.0. The van der Waals surface area contributed by atoms with E-state index in [1.54, 1.807) is 30.3 Å². The fraction of sp³-hybridized carbons (Fsp3) is 0.364. The van der Waals surface area contributed by atoms with Crippen LogP contribution in [0.2, 0.25) is 0 Å². The van der Waals surface area contributed by atoms with E-state index >= 15 is 0 Å². The normalized spacial score (nSPS) is 13.9. The van der Waals surface area contributed by atoms with Crippen LogP contribution in [0.5, 0.6) is 5.75 Å². The van der Waals surface area contributed by atoms with Crippen molar-refractivity contribution >= 4 is 33.4 Å². The number of halogens is 1. The number of rotatable bonds is 6. The lowest BCUT2D eigenvalue weighted by atomic mass is 10.1. The molecule has 1 aliphatic rings. The predicted octanol–water partition coefficient (Wildman–Crippen LogP) is 5.12. The second-order valence-electron chi connectivity index (χ2n) is 6.85. The van der Waals surface area contributed by atoms with Gasteiger partial charge in [0.15, 0.2) is 0 Å². The Morgan fingerprint density at radius 1 is 1.11 bits per heavy atom. The molecule has 1 aliphatic heterocycles. The zero-order chi connectivity index (χ0) is 19.9. The van der Waals surface area contributed by atoms with Gasteiger partial charge in [0.1, 0.15) is 5.75 Å². The maximum atomic E-state index is 12.9. The van der Waals surface area contributed by atoms with Gasteiger partial charge >= 0.3 is 0 Å². The molecule has 0 spiro atoms. The molecule has 0 saturated carbocycles. The van der Waals surface area contributed by atoms with E-state index in [1.807, 2.05) is 24.0 Å². The Labute approximate surface area is 174 Å². The zero-order valence-corrected chi connectivity index (χ0v) is 17.6. The number of likely N-dealkylation sites (tertiary alicyclic amines) is 1. The second-order valence-corrected chi connectivity index (χ2v) is 7.70. The van der Waals surface area contributed by atoms with Crippen LogP contribution in [0.3, 0.4) is 0 Å². The van der Waals surface area contributed by atoms with Gasteiger partial charge in [-0.3, -0.25) is 9.59 Å². The first kappa shape index (κ1) is 20.4. The number of amides is 2. The molecule has 3 rings (SSSR count). The summed E-state index contributed by atoms with van der Waals surface area (Å²) in [4.78, 5) is 27.5. The van der Waals surface area contributed by atoms with Crippen molar-refractivity contribution in [1.29, 1.82) is 0 Å². The van der Waals surface area contributed by atoms with Crippen LogP contribution in [0.15, 0.2) is 46.9 Å². The Morgan fingerprint density at radius 2 is 1.86 bits per heavy atom. The van der Waals surface area contributed by atoms with E-state index in [-0.39, 0.29) is 11.8 Å². The highest BCUT2D eigenvalue weighted by Crippen LogP contribution is 2.27. The Kier molecular flexibility index (Phi) is 7.09. The summed E-state index contributed by atoms with van der Waals surface area (Å²) in [6, 6.07) is 12.4. The van der Waals surface area contributed by atoms with Crippen LogP contribution in [-0.4, -0.2) is 36.4 Å². The van der Waals surface area contributed by atoms with Crippen LogP contribution in [0.1, 0.15) is 53.3 Å². The third-order valence-electron chi connectivity index (χ3n) is 4.70. The van der Waals surface area contributed by atoms with Crippen molar-refractivity contribution in [3.63, 3.8) is 0 Å². The van der Waals surface area contributed by atoms with Gasteiger partial charge in [0.2, 0.25) is 0 Å². The number of para-hydroxylation sites is 1. The number of hydrogen-bond acceptors (Lipinski definition) is 3. The quantitative estimate of drug-likeness (QED) is 0.672. The number of benzene rings is 2. The summed E-state index contributed by atoms with van der Waals surface area (Å²) < 4.78 is 6.36. The van der Waals surface area contributed by atoms with E-state index in [9.17, 15) is 9.59 Å². The van der Waals surface area contributed by atoms with Crippen LogP contribution in [0.4, 0.5) is 5.69 Å². The second kappa shape index (κ2) is 9.73. The van der Waals surface area contributed by atoms with Crippen molar-refractivity contribution in [2.24, 2.45) is 0 Å². The van der Waals surface area contributed by atoms with Gasteiger partial charge in [-0.15, -0.1) is 0 Å². The van der Waals surface area contributed by atoms with E-state index < -0.39 is 0 Å². The molecule has 0 aromatic heterocycles. The van der Waals surface area contributed by atoms with Gasteiger partial charge in [0.05, 0.1) is 22.3 Å². The first-order valence-electron chi connectivity index (χ1n) is 9.72. The third-order valence-corrected chi connectivity index (χ3v) is 5.32. The maximum Gasteiger partial charge on any atom is 0.255 e. The van der Waals surface area contributed by atoms with Gasteiger partial charge < -0.3 is 15.0 Å². The van der Waals surface area contributed by atoms with Crippen LogP contribution in [-0.2, 0) is 0 Å². The van der Waals surface area contributed by atoms with Crippen molar-refractivity contribution in [3.05, 3.63) is 58.1 Å². The van der Waals surface area contributed by atoms with Crippen molar-refractivity contribution in [2.75, 3.05) is 25.0 Å². The van der Waals surface area contributed by atoms with Crippen LogP contribution >= 0.6 is 15.9 Å². The van der Waals surface area contributed by atoms with Crippen molar-refractivity contribution < 1.29 is 14.3 Å². The summed E-state index contributed by atoms with van der Waals surface area (Å²) in [6.07, 6.45) is 4.13. The van der Waals surface area contributed by atoms with Crippen molar-refractivity contribution in [3.8, 4) is 5.75 Å². The van der Waals surface area contributed by atoms with Crippen LogP contribution < -0.4 is 10.1 Å². The van der Waals surface area contributed by atoms with Crippen LogP contribution in [0, 0.1) is 0 Å². The molecule has 0 aliphatic carbocycles. The van der Waals surface area contributed by atoms with E-state index in [0.29, 0.717) is 29.2 Å². The molecule has 1 fully saturated rings. The van der Waals surface area contributed by atoms with Gasteiger partial charge in [0.25, 0.3) is 11.8 Å². The summed E-state index contributed by atoms with van der Waals surface area (Å²) in [5.41, 5.74) is 1.56. The molecular formula is C22H25BrN2O3. The largest absolute Gasteiger partial charge is 0.492 e. The first-order valence-corrected chi connectivity index (χ1v) is 10.5. The predicted molar refractivity (Wildman–Crippen MR) is 114 cm³/mol. The molecule has 0 bridgehead atoms. The van der Waals surface area contributed by atoms with Crippen molar-refractivity contribution in [1.82, 2.24) is 4.90 Å². The number of piperidine rings is 1. The highest BCUT2D eigenvalue weighted by atomic mass is 79.9. The standard InChI is InChI=1S/C22H25BrN2O3/c1-2-14-28-20-11-10-16(15-18(20)23)21(26)24-19-9-5-4-8-17(19)22(27)25-12-6-3-7-13-25/h4-5,8-11,15H,2-3,6-7,12-14H2,1H3,(H,24,26). The molecule has 6 heteroatoms. The van der Waals surface area contributed by atoms with Crippen molar-refractivity contribution in [2.45, 2.75) is 32.6 Å². The average molecular weight is 445 g/mol. The molecular weight excluding hydrogens is 420 g/mol. The molecule has 1 saturated heterocycles. The van der Waals surface area contributed by atoms with E-state index in [1.165, 1.54) is 0 Å². The smallest absolute Gasteiger partial charge is 0.255 e. The number of ether oxygens (including phenoxy) is 1. The molecule has 1 N–H and O–H groups in total. The van der Waals surface area contributed by atoms with E-state index in [2.05, 4.69) is 21.2 Å². The number of nitrogens with zero attached hydrogens (tertiary/aromatic N) is 1. The summed E-state index contributed by atoms with van der Waals surface area (Å²) in [5.74, 6) is 0.417. The Balaban J connectivity index is 1.75. The van der Waals surface area contributed by atoms with Gasteiger partial charge in [-0.1, -0.05) is 19.1 Å². The summed E-state index contributed by atoms with van der Waals surface area (Å²) in [6.45, 7) is 4.20. The lowest BCUT2D eigenvalue weighted by molar-refractivity contribution is 0.0725. The van der Waals surface area contributed by atoms with Gasteiger partial charge in [-0.05, 0) is 71.9 Å². The SMILES string of the molecule is CCCOc1ccc(C(=O)Nc2ccccc2C(=O)N2CCCCC2)cc1Br. The minimum Gasteiger partial charge on any atom is -0.492 e. The molecule has 0 atom stereocenters. The molecule has 2 aromatic carbocycles. The fourth-order valence-corrected chi connectivity index (χ4v) is 3.70. The van der Waals surface area contributed by atoms with Gasteiger partial charge in [0, 0.05) is 18.7 Å². The number of hydrogen-bond donors (Lipinski definition) is 1. The van der Waals surface area contributed by atoms with E-state index in [0.717, 1.165) is 43.2 Å². The number of carbonyl (C=O) groups excluding carboxylic acids is 2. The third kappa shape index (κ3) is 4.93. The van der Waals surface area contributed by atoms with E-state index in [4.69, 9.17) is 4.74 Å². The minimum atomic E-state index is -0.262. The molecule has 0 unspecified atom stereocenters. The first-order chi connectivity index (χ1) is 13.6. The van der Waals surface area contributed by atoms with Gasteiger partial charge in [-0.25, -0.2) is 0 Å². The lowest BCUT2D eigenvalue weighted by Gasteiger charge is -2.27. The number of anilines is 1. The summed E-state index contributed by atoms with van der Waals surface area (Å²) in [7, 11) is 0. The Morgan fingerprint density at radius 3 is 2.57 bits per heavy atom. The average Bonchev–Trinajstić information content (AvgIpc) is 2.73. The molecule has 2 amide bonds.